The van der Waals surface area contributed by atoms with Crippen molar-refractivity contribution >= 4 is 23.1 Å². The highest BCUT2D eigenvalue weighted by Crippen LogP contribution is 2.16. The third-order valence-electron chi connectivity index (χ3n) is 1.59. The summed E-state index contributed by atoms with van der Waals surface area (Å²) in [5, 5.41) is 17.6. The van der Waals surface area contributed by atoms with Crippen LogP contribution in [0.1, 0.15) is 0 Å². The van der Waals surface area contributed by atoms with E-state index in [4.69, 9.17) is 16.0 Å². The minimum absolute atomic E-state index is 0.137. The van der Waals surface area contributed by atoms with E-state index in [-0.39, 0.29) is 11.5 Å². The van der Waals surface area contributed by atoms with Crippen LogP contribution >= 0.6 is 11.6 Å². The van der Waals surface area contributed by atoms with E-state index < -0.39 is 5.38 Å². The minimum atomic E-state index is -0.858. The van der Waals surface area contributed by atoms with Gasteiger partial charge in [0.25, 0.3) is 0 Å². The summed E-state index contributed by atoms with van der Waals surface area (Å²) in [5.41, 5.74) is 0.635. The zero-order valence-electron chi connectivity index (χ0n) is 5.41. The molecule has 0 unspecified atom stereocenters. The number of aliphatic hydroxyl groups excluding tert-OH is 2. The molecule has 2 rings (SSSR count). The monoisotopic (exact) mass is 172 g/mol. The van der Waals surface area contributed by atoms with Crippen molar-refractivity contribution in [3.63, 3.8) is 0 Å². The van der Waals surface area contributed by atoms with Crippen molar-refractivity contribution < 1.29 is 14.6 Å². The van der Waals surface area contributed by atoms with Crippen molar-refractivity contribution in [3.05, 3.63) is 23.0 Å². The van der Waals surface area contributed by atoms with Gasteiger partial charge in [0, 0.05) is 0 Å². The summed E-state index contributed by atoms with van der Waals surface area (Å²) in [5.74, 6) is -0.275. The van der Waals surface area contributed by atoms with E-state index in [1.165, 1.54) is 0 Å². The number of aliphatic hydroxyl groups is 2. The highest BCUT2D eigenvalue weighted by atomic mass is 35.5. The number of hydrogen-bond donors (Lipinski definition) is 2. The maximum Gasteiger partial charge on any atom is 0.167 e. The summed E-state index contributed by atoms with van der Waals surface area (Å²) in [6, 6.07) is 3.12. The van der Waals surface area contributed by atoms with Crippen LogP contribution in [0.15, 0.2) is 16.5 Å². The van der Waals surface area contributed by atoms with Crippen molar-refractivity contribution in [2.24, 2.45) is 0 Å². The molecule has 0 atom stereocenters. The first-order chi connectivity index (χ1) is 5.20. The molecule has 2 heterocycles. The quantitative estimate of drug-likeness (QED) is 0.551. The third kappa shape index (κ3) is 0.744. The highest BCUT2D eigenvalue weighted by molar-refractivity contribution is 6.29. The highest BCUT2D eigenvalue weighted by Gasteiger charge is 2.22. The zero-order valence-corrected chi connectivity index (χ0v) is 6.17. The van der Waals surface area contributed by atoms with E-state index >= 15 is 0 Å². The molecule has 4 heteroatoms. The Morgan fingerprint density at radius 3 is 2.09 bits per heavy atom. The van der Waals surface area contributed by atoms with Gasteiger partial charge < -0.3 is 14.6 Å². The van der Waals surface area contributed by atoms with Gasteiger partial charge in [0.05, 0.1) is 0 Å². The fraction of sp³-hybridized carbons (Fsp3) is 0.143. The Labute approximate surface area is 66.8 Å². The first-order valence-corrected chi connectivity index (χ1v) is 3.50. The van der Waals surface area contributed by atoms with E-state index in [2.05, 4.69) is 0 Å². The standard InChI is InChI=1S/C7H5ClO3/c8-5-6(9)3-1-2-4(11-3)7(5)10/h1-2,5,9-10H. The lowest BCUT2D eigenvalue weighted by Crippen LogP contribution is -2.22. The lowest BCUT2D eigenvalue weighted by molar-refractivity contribution is 0.381. The largest absolute Gasteiger partial charge is 0.507 e. The molecule has 0 fully saturated rings. The molecule has 1 aliphatic rings. The molecule has 0 aromatic carbocycles. The molecule has 3 nitrogen and oxygen atoms in total. The Morgan fingerprint density at radius 2 is 1.64 bits per heavy atom. The average Bonchev–Trinajstić information content (AvgIpc) is 2.44. The van der Waals surface area contributed by atoms with Gasteiger partial charge in [0.15, 0.2) is 27.7 Å². The number of halogens is 1. The Morgan fingerprint density at radius 1 is 1.18 bits per heavy atom. The topological polar surface area (TPSA) is 53.6 Å². The molecule has 0 aliphatic carbocycles. The van der Waals surface area contributed by atoms with Crippen LogP contribution in [0.25, 0.3) is 11.5 Å². The summed E-state index contributed by atoms with van der Waals surface area (Å²) in [6.07, 6.45) is 0. The zero-order chi connectivity index (χ0) is 8.01. The van der Waals surface area contributed by atoms with Gasteiger partial charge in [-0.2, -0.15) is 0 Å². The second kappa shape index (κ2) is 1.95. The van der Waals surface area contributed by atoms with Crippen molar-refractivity contribution in [2.45, 2.75) is 5.38 Å². The molecular weight excluding hydrogens is 168 g/mol. The summed E-state index contributed by atoms with van der Waals surface area (Å²) in [7, 11) is 0. The lowest BCUT2D eigenvalue weighted by Gasteiger charge is -2.07. The maximum atomic E-state index is 9.21. The van der Waals surface area contributed by atoms with E-state index in [1.807, 2.05) is 0 Å². The van der Waals surface area contributed by atoms with Crippen LogP contribution in [-0.2, 0) is 0 Å². The molecule has 11 heavy (non-hydrogen) atoms. The van der Waals surface area contributed by atoms with Gasteiger partial charge in [-0.1, -0.05) is 0 Å². The second-order valence-corrected chi connectivity index (χ2v) is 2.73. The van der Waals surface area contributed by atoms with Crippen LogP contribution < -0.4 is 10.8 Å². The molecule has 0 saturated heterocycles. The normalized spacial score (nSPS) is 17.5. The van der Waals surface area contributed by atoms with Crippen molar-refractivity contribution in [2.75, 3.05) is 0 Å². The molecule has 0 spiro atoms. The Hall–Kier alpha value is -1.09. The van der Waals surface area contributed by atoms with Crippen molar-refractivity contribution in [3.8, 4) is 0 Å². The van der Waals surface area contributed by atoms with Crippen LogP contribution in [0.5, 0.6) is 0 Å². The first-order valence-electron chi connectivity index (χ1n) is 3.06. The molecule has 1 aliphatic heterocycles. The van der Waals surface area contributed by atoms with Crippen LogP contribution in [0.2, 0.25) is 0 Å². The Balaban J connectivity index is 2.89. The molecule has 1 aromatic rings. The number of furan rings is 1. The number of fused-ring (bicyclic) bond motifs is 2. The summed E-state index contributed by atoms with van der Waals surface area (Å²) < 4.78 is 4.96. The fourth-order valence-corrected chi connectivity index (χ4v) is 1.21. The fourth-order valence-electron chi connectivity index (χ4n) is 0.993. The summed E-state index contributed by atoms with van der Waals surface area (Å²) in [4.78, 5) is 0. The van der Waals surface area contributed by atoms with Crippen molar-refractivity contribution in [1.82, 2.24) is 0 Å². The van der Waals surface area contributed by atoms with E-state index in [0.29, 0.717) is 10.8 Å². The van der Waals surface area contributed by atoms with E-state index in [0.717, 1.165) is 0 Å². The van der Waals surface area contributed by atoms with Gasteiger partial charge in [-0.15, -0.1) is 11.6 Å². The lowest BCUT2D eigenvalue weighted by atomic mass is 10.3. The van der Waals surface area contributed by atoms with Crippen molar-refractivity contribution in [1.29, 1.82) is 0 Å². The molecule has 0 saturated carbocycles. The second-order valence-electron chi connectivity index (χ2n) is 2.30. The predicted molar refractivity (Wildman–Crippen MR) is 39.7 cm³/mol. The maximum absolute atomic E-state index is 9.21. The smallest absolute Gasteiger partial charge is 0.167 e. The Kier molecular flexibility index (Phi) is 1.17. The SMILES string of the molecule is OC1=c2ccc(o2)=C(O)C1Cl. The van der Waals surface area contributed by atoms with Gasteiger partial charge in [0.2, 0.25) is 0 Å². The van der Waals surface area contributed by atoms with E-state index in [1.54, 1.807) is 12.1 Å². The number of hydrogen-bond acceptors (Lipinski definition) is 3. The summed E-state index contributed by atoms with van der Waals surface area (Å²) >= 11 is 5.61. The van der Waals surface area contributed by atoms with Gasteiger partial charge in [-0.3, -0.25) is 0 Å². The molecule has 2 N–H and O–H groups in total. The van der Waals surface area contributed by atoms with Crippen LogP contribution in [0.4, 0.5) is 0 Å². The molecular formula is C7H5ClO3. The van der Waals surface area contributed by atoms with Crippen LogP contribution in [-0.4, -0.2) is 15.6 Å². The first kappa shape index (κ1) is 6.61. The predicted octanol–water partition coefficient (Wildman–Crippen LogP) is 0.233. The Bertz CT molecular complexity index is 367. The summed E-state index contributed by atoms with van der Waals surface area (Å²) in [6.45, 7) is 0. The van der Waals surface area contributed by atoms with Crippen LogP contribution in [0.3, 0.4) is 0 Å². The molecule has 58 valence electrons. The molecule has 1 aromatic heterocycles. The van der Waals surface area contributed by atoms with Crippen LogP contribution in [0, 0.1) is 0 Å². The molecule has 0 amide bonds. The number of rotatable bonds is 0. The van der Waals surface area contributed by atoms with Gasteiger partial charge in [-0.25, -0.2) is 0 Å². The van der Waals surface area contributed by atoms with E-state index in [9.17, 15) is 10.2 Å². The minimum Gasteiger partial charge on any atom is -0.507 e. The van der Waals surface area contributed by atoms with Gasteiger partial charge in [0.1, 0.15) is 0 Å². The molecule has 0 radical (unpaired) electrons. The molecule has 2 bridgehead atoms. The van der Waals surface area contributed by atoms with Gasteiger partial charge >= 0.3 is 0 Å². The average molecular weight is 173 g/mol. The number of alkyl halides is 1. The van der Waals surface area contributed by atoms with Gasteiger partial charge in [-0.05, 0) is 12.1 Å². The third-order valence-corrected chi connectivity index (χ3v) is 2.00.